The van der Waals surface area contributed by atoms with Gasteiger partial charge in [-0.2, -0.15) is 0 Å². The maximum absolute atomic E-state index is 14.3. The van der Waals surface area contributed by atoms with E-state index in [0.29, 0.717) is 5.69 Å². The molecular weight excluding hydrogens is 302 g/mol. The van der Waals surface area contributed by atoms with E-state index in [1.807, 2.05) is 26.0 Å². The van der Waals surface area contributed by atoms with Gasteiger partial charge in [-0.25, -0.2) is 8.78 Å². The van der Waals surface area contributed by atoms with E-state index < -0.39 is 11.6 Å². The number of nitrogen functional groups attached to an aromatic ring is 1. The van der Waals surface area contributed by atoms with E-state index in [2.05, 4.69) is 15.5 Å². The summed E-state index contributed by atoms with van der Waals surface area (Å²) in [7, 11) is 0. The molecule has 118 valence electrons. The lowest BCUT2D eigenvalue weighted by Gasteiger charge is -2.14. The van der Waals surface area contributed by atoms with Crippen LogP contribution in [0.25, 0.3) is 11.5 Å². The standard InChI is InChI=1S/C16H14F2N4O/c1-8-3-6-12(9(2)7-8)20-14-10(4-5-11(17)13(14)18)15-21-22-16(19)23-15/h3-7,20H,1-2H3,(H2,19,22). The Hall–Kier alpha value is -2.96. The van der Waals surface area contributed by atoms with E-state index in [0.717, 1.165) is 17.2 Å². The summed E-state index contributed by atoms with van der Waals surface area (Å²) in [5.74, 6) is -2.00. The molecule has 5 nitrogen and oxygen atoms in total. The Labute approximate surface area is 131 Å². The number of benzene rings is 2. The fourth-order valence-electron chi connectivity index (χ4n) is 2.28. The number of hydrogen-bond donors (Lipinski definition) is 2. The third kappa shape index (κ3) is 2.85. The minimum Gasteiger partial charge on any atom is -0.403 e. The van der Waals surface area contributed by atoms with Crippen LogP contribution in [0.2, 0.25) is 0 Å². The molecular formula is C16H14F2N4O. The first-order valence-corrected chi connectivity index (χ1v) is 6.87. The van der Waals surface area contributed by atoms with Gasteiger partial charge in [0.25, 0.3) is 5.89 Å². The fraction of sp³-hybridized carbons (Fsp3) is 0.125. The van der Waals surface area contributed by atoms with Gasteiger partial charge in [-0.05, 0) is 37.6 Å². The second-order valence-electron chi connectivity index (χ2n) is 5.17. The lowest BCUT2D eigenvalue weighted by Crippen LogP contribution is -2.01. The number of halogens is 2. The number of rotatable bonds is 3. The van der Waals surface area contributed by atoms with Gasteiger partial charge in [-0.15, -0.1) is 5.10 Å². The van der Waals surface area contributed by atoms with Crippen molar-refractivity contribution in [3.63, 3.8) is 0 Å². The van der Waals surface area contributed by atoms with E-state index in [1.54, 1.807) is 6.07 Å². The predicted molar refractivity (Wildman–Crippen MR) is 83.3 cm³/mol. The summed E-state index contributed by atoms with van der Waals surface area (Å²) in [4.78, 5) is 0. The molecule has 0 aliphatic carbocycles. The number of hydrogen-bond acceptors (Lipinski definition) is 5. The van der Waals surface area contributed by atoms with Crippen LogP contribution in [0, 0.1) is 25.5 Å². The lowest BCUT2D eigenvalue weighted by molar-refractivity contribution is 0.511. The maximum Gasteiger partial charge on any atom is 0.313 e. The number of anilines is 3. The molecule has 0 saturated heterocycles. The number of aromatic nitrogens is 2. The summed E-state index contributed by atoms with van der Waals surface area (Å²) in [5.41, 5.74) is 8.15. The average Bonchev–Trinajstić information content (AvgIpc) is 2.93. The zero-order valence-corrected chi connectivity index (χ0v) is 12.5. The van der Waals surface area contributed by atoms with Crippen molar-refractivity contribution in [1.82, 2.24) is 10.2 Å². The van der Waals surface area contributed by atoms with Crippen LogP contribution < -0.4 is 11.1 Å². The monoisotopic (exact) mass is 316 g/mol. The normalized spacial score (nSPS) is 10.8. The van der Waals surface area contributed by atoms with Crippen molar-refractivity contribution in [2.75, 3.05) is 11.1 Å². The second-order valence-corrected chi connectivity index (χ2v) is 5.17. The summed E-state index contributed by atoms with van der Waals surface area (Å²) < 4.78 is 33.1. The molecule has 3 aromatic rings. The molecule has 0 saturated carbocycles. The first-order chi connectivity index (χ1) is 11.0. The van der Waals surface area contributed by atoms with E-state index in [-0.39, 0.29) is 23.2 Å². The van der Waals surface area contributed by atoms with Gasteiger partial charge in [0.2, 0.25) is 0 Å². The van der Waals surface area contributed by atoms with Crippen molar-refractivity contribution in [2.45, 2.75) is 13.8 Å². The summed E-state index contributed by atoms with van der Waals surface area (Å²) >= 11 is 0. The predicted octanol–water partition coefficient (Wildman–Crippen LogP) is 3.96. The van der Waals surface area contributed by atoms with Gasteiger partial charge in [0.15, 0.2) is 11.6 Å². The second kappa shape index (κ2) is 5.68. The van der Waals surface area contributed by atoms with Gasteiger partial charge in [-0.3, -0.25) is 0 Å². The summed E-state index contributed by atoms with van der Waals surface area (Å²) in [6, 6.07) is 7.80. The van der Waals surface area contributed by atoms with Crippen LogP contribution >= 0.6 is 0 Å². The summed E-state index contributed by atoms with van der Waals surface area (Å²) in [6.07, 6.45) is 0. The first-order valence-electron chi connectivity index (χ1n) is 6.87. The summed E-state index contributed by atoms with van der Waals surface area (Å²) in [6.45, 7) is 3.82. The van der Waals surface area contributed by atoms with Gasteiger partial charge in [-0.1, -0.05) is 22.8 Å². The highest BCUT2D eigenvalue weighted by molar-refractivity contribution is 5.78. The van der Waals surface area contributed by atoms with Crippen LogP contribution in [-0.4, -0.2) is 10.2 Å². The van der Waals surface area contributed by atoms with Crippen LogP contribution in [0.15, 0.2) is 34.7 Å². The zero-order valence-electron chi connectivity index (χ0n) is 12.5. The topological polar surface area (TPSA) is 77.0 Å². The molecule has 23 heavy (non-hydrogen) atoms. The third-order valence-electron chi connectivity index (χ3n) is 3.41. The molecule has 0 fully saturated rings. The molecule has 7 heteroatoms. The highest BCUT2D eigenvalue weighted by Crippen LogP contribution is 2.34. The lowest BCUT2D eigenvalue weighted by atomic mass is 10.1. The molecule has 1 heterocycles. The van der Waals surface area contributed by atoms with Crippen LogP contribution in [0.5, 0.6) is 0 Å². The average molecular weight is 316 g/mol. The largest absolute Gasteiger partial charge is 0.403 e. The Balaban J connectivity index is 2.11. The van der Waals surface area contributed by atoms with E-state index in [4.69, 9.17) is 10.2 Å². The first kappa shape index (κ1) is 15.0. The molecule has 1 aromatic heterocycles. The van der Waals surface area contributed by atoms with Crippen LogP contribution in [0.3, 0.4) is 0 Å². The van der Waals surface area contributed by atoms with Gasteiger partial charge >= 0.3 is 6.01 Å². The van der Waals surface area contributed by atoms with Crippen LogP contribution in [-0.2, 0) is 0 Å². The molecule has 0 aliphatic heterocycles. The van der Waals surface area contributed by atoms with E-state index in [1.165, 1.54) is 6.07 Å². The molecule has 0 spiro atoms. The smallest absolute Gasteiger partial charge is 0.313 e. The molecule has 0 unspecified atom stereocenters. The third-order valence-corrected chi connectivity index (χ3v) is 3.41. The number of nitrogens with two attached hydrogens (primary N) is 1. The Morgan fingerprint density at radius 1 is 1.09 bits per heavy atom. The number of nitrogens with one attached hydrogen (secondary N) is 1. The van der Waals surface area contributed by atoms with Crippen LogP contribution in [0.4, 0.5) is 26.2 Å². The molecule has 2 aromatic carbocycles. The molecule has 3 N–H and O–H groups in total. The van der Waals surface area contributed by atoms with E-state index >= 15 is 0 Å². The van der Waals surface area contributed by atoms with Gasteiger partial charge < -0.3 is 15.5 Å². The molecule has 3 rings (SSSR count). The van der Waals surface area contributed by atoms with Crippen molar-refractivity contribution in [2.24, 2.45) is 0 Å². The molecule has 0 aliphatic rings. The molecule has 0 radical (unpaired) electrons. The molecule has 0 atom stereocenters. The molecule has 0 amide bonds. The number of aryl methyl sites for hydroxylation is 2. The Bertz CT molecular complexity index is 877. The number of nitrogens with zero attached hydrogens (tertiary/aromatic N) is 2. The Morgan fingerprint density at radius 2 is 1.87 bits per heavy atom. The zero-order chi connectivity index (χ0) is 16.6. The molecule has 0 bridgehead atoms. The van der Waals surface area contributed by atoms with Gasteiger partial charge in [0.05, 0.1) is 11.3 Å². The van der Waals surface area contributed by atoms with E-state index in [9.17, 15) is 8.78 Å². The van der Waals surface area contributed by atoms with Crippen molar-refractivity contribution in [3.05, 3.63) is 53.1 Å². The minimum atomic E-state index is -1.03. The van der Waals surface area contributed by atoms with Crippen molar-refractivity contribution in [3.8, 4) is 11.5 Å². The SMILES string of the molecule is Cc1ccc(Nc2c(-c3nnc(N)o3)ccc(F)c2F)c(C)c1. The van der Waals surface area contributed by atoms with Crippen LogP contribution in [0.1, 0.15) is 11.1 Å². The van der Waals surface area contributed by atoms with Crippen molar-refractivity contribution >= 4 is 17.4 Å². The highest BCUT2D eigenvalue weighted by atomic mass is 19.2. The highest BCUT2D eigenvalue weighted by Gasteiger charge is 2.19. The van der Waals surface area contributed by atoms with Gasteiger partial charge in [0.1, 0.15) is 0 Å². The fourth-order valence-corrected chi connectivity index (χ4v) is 2.28. The van der Waals surface area contributed by atoms with Crippen molar-refractivity contribution < 1.29 is 13.2 Å². The van der Waals surface area contributed by atoms with Gasteiger partial charge in [0, 0.05) is 5.69 Å². The Morgan fingerprint density at radius 3 is 2.52 bits per heavy atom. The Kier molecular flexibility index (Phi) is 3.69. The summed E-state index contributed by atoms with van der Waals surface area (Å²) in [5, 5.41) is 10.2. The maximum atomic E-state index is 14.3. The minimum absolute atomic E-state index is 0.00802. The van der Waals surface area contributed by atoms with Crippen molar-refractivity contribution in [1.29, 1.82) is 0 Å². The quantitative estimate of drug-likeness (QED) is 0.765.